The van der Waals surface area contributed by atoms with Crippen molar-refractivity contribution in [3.05, 3.63) is 71.9 Å². The van der Waals surface area contributed by atoms with Crippen molar-refractivity contribution in [2.75, 3.05) is 0 Å². The molecule has 3 rings (SSSR count). The molecule has 0 aliphatic carbocycles. The molecule has 0 spiro atoms. The van der Waals surface area contributed by atoms with Crippen LogP contribution in [-0.4, -0.2) is 32.4 Å². The molecule has 2 aromatic rings. The lowest BCUT2D eigenvalue weighted by atomic mass is 9.97. The van der Waals surface area contributed by atoms with E-state index in [1.165, 1.54) is 16.6 Å². The van der Waals surface area contributed by atoms with Crippen LogP contribution in [0.2, 0.25) is 0 Å². The Labute approximate surface area is 174 Å². The second-order valence-corrected chi connectivity index (χ2v) is 11.9. The third-order valence-electron chi connectivity index (χ3n) is 5.36. The summed E-state index contributed by atoms with van der Waals surface area (Å²) in [4.78, 5) is 0.466. The van der Waals surface area contributed by atoms with Crippen LogP contribution in [0, 0.1) is 19.8 Å². The summed E-state index contributed by atoms with van der Waals surface area (Å²) in [5.41, 5.74) is 1.96. The maximum absolute atomic E-state index is 13.2. The van der Waals surface area contributed by atoms with Gasteiger partial charge in [-0.3, -0.25) is 4.31 Å². The van der Waals surface area contributed by atoms with Crippen LogP contribution >= 0.6 is 0 Å². The minimum atomic E-state index is -3.76. The number of benzene rings is 2. The van der Waals surface area contributed by atoms with Crippen LogP contribution in [0.1, 0.15) is 31.4 Å². The summed E-state index contributed by atoms with van der Waals surface area (Å²) in [6.07, 6.45) is 3.15. The topological polar surface area (TPSA) is 71.5 Å². The van der Waals surface area contributed by atoms with Crippen molar-refractivity contribution in [2.24, 2.45) is 5.92 Å². The van der Waals surface area contributed by atoms with Crippen molar-refractivity contribution >= 4 is 19.9 Å². The van der Waals surface area contributed by atoms with E-state index in [9.17, 15) is 16.8 Å². The first-order valence-corrected chi connectivity index (χ1v) is 12.6. The third kappa shape index (κ3) is 4.26. The highest BCUT2D eigenvalue weighted by Crippen LogP contribution is 2.33. The molecule has 0 unspecified atom stereocenters. The molecule has 1 aliphatic rings. The van der Waals surface area contributed by atoms with E-state index in [1.54, 1.807) is 48.5 Å². The van der Waals surface area contributed by atoms with Gasteiger partial charge in [-0.05, 0) is 56.5 Å². The predicted molar refractivity (Wildman–Crippen MR) is 115 cm³/mol. The fourth-order valence-electron chi connectivity index (χ4n) is 3.50. The van der Waals surface area contributed by atoms with Gasteiger partial charge in [0.15, 0.2) is 9.84 Å². The van der Waals surface area contributed by atoms with Gasteiger partial charge in [0.2, 0.25) is 0 Å². The van der Waals surface area contributed by atoms with Crippen molar-refractivity contribution in [3.63, 3.8) is 0 Å². The van der Waals surface area contributed by atoms with E-state index in [-0.39, 0.29) is 22.1 Å². The number of rotatable bonds is 5. The van der Waals surface area contributed by atoms with E-state index in [4.69, 9.17) is 0 Å². The zero-order valence-corrected chi connectivity index (χ0v) is 18.7. The van der Waals surface area contributed by atoms with E-state index in [0.29, 0.717) is 0 Å². The molecule has 5 nitrogen and oxygen atoms in total. The SMILES string of the molecule is Cc1ccc(S(=O)(=O)[C@@H]2C=CN(S(=O)(=O)c3ccc(C)cc3)[C@@H](C(C)C)C2)cc1. The van der Waals surface area contributed by atoms with Gasteiger partial charge in [0.05, 0.1) is 15.0 Å². The molecule has 1 aliphatic heterocycles. The quantitative estimate of drug-likeness (QED) is 0.712. The highest BCUT2D eigenvalue weighted by atomic mass is 32.2. The number of sulfone groups is 1. The molecule has 2 atom stereocenters. The Hall–Kier alpha value is -2.12. The molecular formula is C22H27NO4S2. The van der Waals surface area contributed by atoms with Crippen LogP contribution in [0.25, 0.3) is 0 Å². The lowest BCUT2D eigenvalue weighted by Gasteiger charge is -2.37. The molecule has 29 heavy (non-hydrogen) atoms. The lowest BCUT2D eigenvalue weighted by Crippen LogP contribution is -2.45. The normalized spacial score (nSPS) is 20.2. The van der Waals surface area contributed by atoms with Crippen LogP contribution in [-0.2, 0) is 19.9 Å². The summed E-state index contributed by atoms with van der Waals surface area (Å²) in [7, 11) is -7.35. The molecular weight excluding hydrogens is 406 g/mol. The van der Waals surface area contributed by atoms with Gasteiger partial charge in [-0.25, -0.2) is 16.8 Å². The van der Waals surface area contributed by atoms with Gasteiger partial charge in [-0.15, -0.1) is 0 Å². The number of aryl methyl sites for hydroxylation is 2. The van der Waals surface area contributed by atoms with E-state index in [0.717, 1.165) is 11.1 Å². The highest BCUT2D eigenvalue weighted by Gasteiger charge is 2.39. The first-order valence-electron chi connectivity index (χ1n) is 9.62. The van der Waals surface area contributed by atoms with Crippen LogP contribution in [0.15, 0.2) is 70.6 Å². The Morgan fingerprint density at radius 1 is 0.828 bits per heavy atom. The predicted octanol–water partition coefficient (Wildman–Crippen LogP) is 4.08. The summed E-state index contributed by atoms with van der Waals surface area (Å²) >= 11 is 0. The summed E-state index contributed by atoms with van der Waals surface area (Å²) in [5, 5.41) is -0.762. The standard InChI is InChI=1S/C22H27NO4S2/c1-16(2)22-15-21(28(24,25)19-9-5-17(3)6-10-19)13-14-23(22)29(26,27)20-11-7-18(4)8-12-20/h5-14,16,21-22H,15H2,1-4H3/t21-,22-/m1/s1. The minimum Gasteiger partial charge on any atom is -0.270 e. The van der Waals surface area contributed by atoms with E-state index in [2.05, 4.69) is 0 Å². The molecule has 1 heterocycles. The van der Waals surface area contributed by atoms with Crippen molar-refractivity contribution in [1.82, 2.24) is 4.31 Å². The first-order chi connectivity index (χ1) is 13.5. The molecule has 0 saturated heterocycles. The molecule has 0 amide bonds. The highest BCUT2D eigenvalue weighted by molar-refractivity contribution is 7.92. The zero-order chi connectivity index (χ0) is 21.4. The monoisotopic (exact) mass is 433 g/mol. The Bertz CT molecular complexity index is 1100. The summed E-state index contributed by atoms with van der Waals surface area (Å²) in [6, 6.07) is 13.0. The number of hydrogen-bond acceptors (Lipinski definition) is 4. The van der Waals surface area contributed by atoms with Gasteiger partial charge < -0.3 is 0 Å². The Kier molecular flexibility index (Phi) is 5.92. The number of nitrogens with zero attached hydrogens (tertiary/aromatic N) is 1. The second-order valence-electron chi connectivity index (χ2n) is 7.93. The lowest BCUT2D eigenvalue weighted by molar-refractivity contribution is 0.289. The number of hydrogen-bond donors (Lipinski definition) is 0. The van der Waals surface area contributed by atoms with Gasteiger partial charge in [0.25, 0.3) is 10.0 Å². The van der Waals surface area contributed by atoms with Crippen LogP contribution < -0.4 is 0 Å². The number of sulfonamides is 1. The molecule has 0 radical (unpaired) electrons. The van der Waals surface area contributed by atoms with E-state index >= 15 is 0 Å². The molecule has 156 valence electrons. The largest absolute Gasteiger partial charge is 0.270 e. The molecule has 0 aromatic heterocycles. The average molecular weight is 434 g/mol. The molecule has 2 aromatic carbocycles. The van der Waals surface area contributed by atoms with Gasteiger partial charge in [0, 0.05) is 12.2 Å². The maximum atomic E-state index is 13.2. The van der Waals surface area contributed by atoms with Crippen molar-refractivity contribution in [3.8, 4) is 0 Å². The van der Waals surface area contributed by atoms with Gasteiger partial charge in [0.1, 0.15) is 0 Å². The fourth-order valence-corrected chi connectivity index (χ4v) is 6.73. The van der Waals surface area contributed by atoms with Crippen LogP contribution in [0.5, 0.6) is 0 Å². The van der Waals surface area contributed by atoms with Gasteiger partial charge >= 0.3 is 0 Å². The second kappa shape index (κ2) is 7.95. The van der Waals surface area contributed by atoms with Crippen molar-refractivity contribution < 1.29 is 16.8 Å². The molecule has 7 heteroatoms. The van der Waals surface area contributed by atoms with Crippen molar-refractivity contribution in [1.29, 1.82) is 0 Å². The third-order valence-corrected chi connectivity index (χ3v) is 9.25. The Balaban J connectivity index is 1.98. The van der Waals surface area contributed by atoms with Gasteiger partial charge in [-0.2, -0.15) is 0 Å². The molecule has 0 N–H and O–H groups in total. The van der Waals surface area contributed by atoms with Crippen LogP contribution in [0.4, 0.5) is 0 Å². The fraction of sp³-hybridized carbons (Fsp3) is 0.364. The molecule has 0 fully saturated rings. The first kappa shape index (κ1) is 21.6. The average Bonchev–Trinajstić information content (AvgIpc) is 2.68. The van der Waals surface area contributed by atoms with E-state index < -0.39 is 31.2 Å². The van der Waals surface area contributed by atoms with E-state index in [1.807, 2.05) is 27.7 Å². The summed E-state index contributed by atoms with van der Waals surface area (Å²) in [5.74, 6) is -0.0455. The Morgan fingerprint density at radius 3 is 1.79 bits per heavy atom. The van der Waals surface area contributed by atoms with Crippen LogP contribution in [0.3, 0.4) is 0 Å². The van der Waals surface area contributed by atoms with Crippen molar-refractivity contribution in [2.45, 2.75) is 55.2 Å². The maximum Gasteiger partial charge on any atom is 0.264 e. The Morgan fingerprint density at radius 2 is 1.31 bits per heavy atom. The smallest absolute Gasteiger partial charge is 0.264 e. The minimum absolute atomic E-state index is 0.0455. The summed E-state index contributed by atoms with van der Waals surface area (Å²) < 4.78 is 54.0. The van der Waals surface area contributed by atoms with Gasteiger partial charge in [-0.1, -0.05) is 49.2 Å². The zero-order valence-electron chi connectivity index (χ0n) is 17.1. The molecule has 0 bridgehead atoms. The molecule has 0 saturated carbocycles. The summed E-state index contributed by atoms with van der Waals surface area (Å²) in [6.45, 7) is 7.63.